The van der Waals surface area contributed by atoms with Gasteiger partial charge in [0.05, 0.1) is 5.60 Å². The summed E-state index contributed by atoms with van der Waals surface area (Å²) in [6.07, 6.45) is 6.22. The number of aliphatic hydroxyl groups is 1. The van der Waals surface area contributed by atoms with Crippen LogP contribution < -0.4 is 5.32 Å². The lowest BCUT2D eigenvalue weighted by molar-refractivity contribution is -0.137. The summed E-state index contributed by atoms with van der Waals surface area (Å²) in [6, 6.07) is 0. The lowest BCUT2D eigenvalue weighted by atomic mass is 9.80. The summed E-state index contributed by atoms with van der Waals surface area (Å²) in [5.41, 5.74) is -0.654. The summed E-state index contributed by atoms with van der Waals surface area (Å²) in [4.78, 5) is 25.9. The Morgan fingerprint density at radius 2 is 1.75 bits per heavy atom. The second kappa shape index (κ2) is 5.35. The summed E-state index contributed by atoms with van der Waals surface area (Å²) in [6.45, 7) is 1.79. The minimum atomic E-state index is -0.654. The Morgan fingerprint density at radius 3 is 2.25 bits per heavy atom. The van der Waals surface area contributed by atoms with Crippen molar-refractivity contribution in [3.63, 3.8) is 0 Å². The van der Waals surface area contributed by atoms with Crippen LogP contribution in [-0.4, -0.2) is 47.1 Å². The van der Waals surface area contributed by atoms with Gasteiger partial charge in [0.25, 0.3) is 0 Å². The summed E-state index contributed by atoms with van der Waals surface area (Å²) < 4.78 is 0. The zero-order valence-electron chi connectivity index (χ0n) is 11.9. The van der Waals surface area contributed by atoms with Crippen molar-refractivity contribution in [2.24, 2.45) is 11.8 Å². The van der Waals surface area contributed by atoms with Crippen LogP contribution in [0.1, 0.15) is 44.9 Å². The maximum atomic E-state index is 12.1. The van der Waals surface area contributed by atoms with Crippen molar-refractivity contribution in [1.29, 1.82) is 0 Å². The van der Waals surface area contributed by atoms with E-state index in [-0.39, 0.29) is 23.7 Å². The molecule has 0 aromatic carbocycles. The van der Waals surface area contributed by atoms with Crippen LogP contribution in [-0.2, 0) is 9.59 Å². The van der Waals surface area contributed by atoms with Gasteiger partial charge in [-0.2, -0.15) is 0 Å². The first kappa shape index (κ1) is 13.9. The number of hydrogen-bond acceptors (Lipinski definition) is 3. The highest BCUT2D eigenvalue weighted by Crippen LogP contribution is 2.33. The minimum absolute atomic E-state index is 0.00179. The van der Waals surface area contributed by atoms with E-state index in [0.29, 0.717) is 19.6 Å². The molecule has 0 radical (unpaired) electrons. The third-order valence-electron chi connectivity index (χ3n) is 4.98. The number of nitrogens with zero attached hydrogens (tertiary/aromatic N) is 1. The van der Waals surface area contributed by atoms with Crippen LogP contribution in [0.3, 0.4) is 0 Å². The number of likely N-dealkylation sites (tertiary alicyclic amines) is 1. The summed E-state index contributed by atoms with van der Waals surface area (Å²) in [5.74, 6) is 0.603. The van der Waals surface area contributed by atoms with Crippen LogP contribution in [0.15, 0.2) is 0 Å². The smallest absolute Gasteiger partial charge is 0.225 e. The molecular formula is C15H24N2O3. The lowest BCUT2D eigenvalue weighted by Crippen LogP contribution is -2.50. The topological polar surface area (TPSA) is 69.6 Å². The zero-order chi connectivity index (χ0) is 14.2. The van der Waals surface area contributed by atoms with Gasteiger partial charge in [-0.1, -0.05) is 0 Å². The highest BCUT2D eigenvalue weighted by atomic mass is 16.3. The van der Waals surface area contributed by atoms with Crippen molar-refractivity contribution in [3.8, 4) is 0 Å². The van der Waals surface area contributed by atoms with Gasteiger partial charge in [0.1, 0.15) is 0 Å². The summed E-state index contributed by atoms with van der Waals surface area (Å²) >= 11 is 0. The lowest BCUT2D eigenvalue weighted by Gasteiger charge is -2.37. The molecule has 5 heteroatoms. The molecule has 20 heavy (non-hydrogen) atoms. The fraction of sp³-hybridized carbons (Fsp3) is 0.867. The van der Waals surface area contributed by atoms with E-state index >= 15 is 0 Å². The summed E-state index contributed by atoms with van der Waals surface area (Å²) in [5, 5.41) is 12.9. The van der Waals surface area contributed by atoms with E-state index in [1.165, 1.54) is 0 Å². The molecule has 0 atom stereocenters. The highest BCUT2D eigenvalue weighted by Gasteiger charge is 2.37. The SMILES string of the molecule is O=C(NCC1(O)CCC1)C1CCN(C(=O)C2CC2)CC1. The first-order valence-electron chi connectivity index (χ1n) is 7.86. The van der Waals surface area contributed by atoms with Gasteiger partial charge in [-0.15, -0.1) is 0 Å². The predicted molar refractivity (Wildman–Crippen MR) is 73.8 cm³/mol. The second-order valence-electron chi connectivity index (χ2n) is 6.67. The van der Waals surface area contributed by atoms with Crippen LogP contribution in [0.25, 0.3) is 0 Å². The first-order valence-corrected chi connectivity index (χ1v) is 7.86. The molecule has 2 N–H and O–H groups in total. The Morgan fingerprint density at radius 1 is 1.10 bits per heavy atom. The van der Waals surface area contributed by atoms with Gasteiger partial charge in [0.15, 0.2) is 0 Å². The molecule has 1 saturated heterocycles. The molecule has 2 saturated carbocycles. The van der Waals surface area contributed by atoms with Crippen molar-refractivity contribution in [3.05, 3.63) is 0 Å². The zero-order valence-corrected chi connectivity index (χ0v) is 11.9. The maximum absolute atomic E-state index is 12.1. The predicted octanol–water partition coefficient (Wildman–Crippen LogP) is 0.666. The van der Waals surface area contributed by atoms with Gasteiger partial charge < -0.3 is 15.3 Å². The fourth-order valence-electron chi connectivity index (χ4n) is 3.11. The van der Waals surface area contributed by atoms with Crippen molar-refractivity contribution in [2.45, 2.75) is 50.5 Å². The Labute approximate surface area is 119 Å². The van der Waals surface area contributed by atoms with Gasteiger partial charge in [-0.25, -0.2) is 0 Å². The van der Waals surface area contributed by atoms with Crippen LogP contribution in [0.2, 0.25) is 0 Å². The molecule has 0 aromatic rings. The van der Waals surface area contributed by atoms with Crippen molar-refractivity contribution < 1.29 is 14.7 Å². The molecule has 0 aromatic heterocycles. The third kappa shape index (κ3) is 2.97. The first-order chi connectivity index (χ1) is 9.57. The Balaban J connectivity index is 1.40. The molecule has 0 unspecified atom stereocenters. The van der Waals surface area contributed by atoms with E-state index in [4.69, 9.17) is 0 Å². The average molecular weight is 280 g/mol. The molecule has 3 aliphatic rings. The normalized spacial score (nSPS) is 25.9. The van der Waals surface area contributed by atoms with E-state index in [9.17, 15) is 14.7 Å². The number of amides is 2. The number of carbonyl (C=O) groups is 2. The Kier molecular flexibility index (Phi) is 3.71. The number of nitrogens with one attached hydrogen (secondary N) is 1. The molecular weight excluding hydrogens is 256 g/mol. The van der Waals surface area contributed by atoms with E-state index in [1.807, 2.05) is 4.90 Å². The molecule has 0 spiro atoms. The molecule has 2 amide bonds. The number of hydrogen-bond donors (Lipinski definition) is 2. The molecule has 3 fully saturated rings. The van der Waals surface area contributed by atoms with Crippen molar-refractivity contribution in [1.82, 2.24) is 10.2 Å². The van der Waals surface area contributed by atoms with E-state index < -0.39 is 5.60 Å². The largest absolute Gasteiger partial charge is 0.388 e. The van der Waals surface area contributed by atoms with Crippen LogP contribution in [0, 0.1) is 11.8 Å². The second-order valence-corrected chi connectivity index (χ2v) is 6.67. The average Bonchev–Trinajstić information content (AvgIpc) is 3.26. The third-order valence-corrected chi connectivity index (χ3v) is 4.98. The van der Waals surface area contributed by atoms with Gasteiger partial charge in [-0.05, 0) is 44.9 Å². The monoisotopic (exact) mass is 280 g/mol. The summed E-state index contributed by atoms with van der Waals surface area (Å²) in [7, 11) is 0. The molecule has 3 rings (SSSR count). The van der Waals surface area contributed by atoms with Gasteiger partial charge in [0, 0.05) is 31.5 Å². The fourth-order valence-corrected chi connectivity index (χ4v) is 3.11. The molecule has 0 bridgehead atoms. The van der Waals surface area contributed by atoms with E-state index in [1.54, 1.807) is 0 Å². The molecule has 1 heterocycles. The standard InChI is InChI=1S/C15H24N2O3/c18-13(16-10-15(20)6-1-7-15)11-4-8-17(9-5-11)14(19)12-2-3-12/h11-12,20H,1-10H2,(H,16,18). The molecule has 5 nitrogen and oxygen atoms in total. The quantitative estimate of drug-likeness (QED) is 0.795. The minimum Gasteiger partial charge on any atom is -0.388 e. The van der Waals surface area contributed by atoms with E-state index in [2.05, 4.69) is 5.32 Å². The van der Waals surface area contributed by atoms with Gasteiger partial charge in [0.2, 0.25) is 11.8 Å². The molecule has 1 aliphatic heterocycles. The van der Waals surface area contributed by atoms with Gasteiger partial charge >= 0.3 is 0 Å². The number of carbonyl (C=O) groups excluding carboxylic acids is 2. The Bertz CT molecular complexity index is 394. The Hall–Kier alpha value is -1.10. The number of piperidine rings is 1. The van der Waals surface area contributed by atoms with E-state index in [0.717, 1.165) is 44.9 Å². The highest BCUT2D eigenvalue weighted by molar-refractivity contribution is 5.82. The van der Waals surface area contributed by atoms with Gasteiger partial charge in [-0.3, -0.25) is 9.59 Å². The molecule has 2 aliphatic carbocycles. The number of rotatable bonds is 4. The van der Waals surface area contributed by atoms with Crippen LogP contribution in [0.4, 0.5) is 0 Å². The van der Waals surface area contributed by atoms with Crippen LogP contribution >= 0.6 is 0 Å². The molecule has 112 valence electrons. The maximum Gasteiger partial charge on any atom is 0.225 e. The van der Waals surface area contributed by atoms with Crippen molar-refractivity contribution in [2.75, 3.05) is 19.6 Å². The van der Waals surface area contributed by atoms with Crippen LogP contribution in [0.5, 0.6) is 0 Å². The van der Waals surface area contributed by atoms with Crippen molar-refractivity contribution >= 4 is 11.8 Å².